The third kappa shape index (κ3) is 5.80. The number of hydrogen-bond acceptors (Lipinski definition) is 7. The average molecular weight is 547 g/mol. The summed E-state index contributed by atoms with van der Waals surface area (Å²) < 4.78 is 25.2. The van der Waals surface area contributed by atoms with E-state index in [1.807, 2.05) is 43.3 Å². The summed E-state index contributed by atoms with van der Waals surface area (Å²) in [4.78, 5) is 29.8. The molecule has 2 aliphatic rings. The molecule has 2 heterocycles. The Hall–Kier alpha value is -4.18. The number of nitrogens with one attached hydrogen (secondary N) is 1. The van der Waals surface area contributed by atoms with E-state index in [-0.39, 0.29) is 18.1 Å². The summed E-state index contributed by atoms with van der Waals surface area (Å²) in [5.74, 6) is 0.181. The maximum absolute atomic E-state index is 14.2. The van der Waals surface area contributed by atoms with Crippen molar-refractivity contribution in [2.75, 3.05) is 19.5 Å². The second-order valence-electron chi connectivity index (χ2n) is 9.19. The van der Waals surface area contributed by atoms with E-state index in [9.17, 15) is 14.0 Å². The number of anilines is 1. The van der Waals surface area contributed by atoms with Gasteiger partial charge in [0.2, 0.25) is 5.91 Å². The van der Waals surface area contributed by atoms with Crippen molar-refractivity contribution in [2.45, 2.75) is 31.1 Å². The van der Waals surface area contributed by atoms with Gasteiger partial charge in [0.05, 0.1) is 26.0 Å². The Labute approximate surface area is 229 Å². The lowest BCUT2D eigenvalue weighted by atomic mass is 9.98. The van der Waals surface area contributed by atoms with Gasteiger partial charge in [0, 0.05) is 24.1 Å². The Morgan fingerprint density at radius 3 is 2.62 bits per heavy atom. The van der Waals surface area contributed by atoms with Gasteiger partial charge in [-0.05, 0) is 55.0 Å². The van der Waals surface area contributed by atoms with Crippen LogP contribution in [0.3, 0.4) is 0 Å². The maximum atomic E-state index is 14.2. The number of carbonyl (C=O) groups excluding carboxylic acids is 2. The molecule has 2 amide bonds. The van der Waals surface area contributed by atoms with E-state index >= 15 is 0 Å². The van der Waals surface area contributed by atoms with Gasteiger partial charge in [0.15, 0.2) is 5.17 Å². The molecule has 1 N–H and O–H groups in total. The number of rotatable bonds is 7. The number of thioether (sulfide) groups is 1. The topological polar surface area (TPSA) is 92.6 Å². The van der Waals surface area contributed by atoms with Crippen molar-refractivity contribution in [1.29, 1.82) is 0 Å². The van der Waals surface area contributed by atoms with Gasteiger partial charge in [-0.1, -0.05) is 41.6 Å². The van der Waals surface area contributed by atoms with Crippen LogP contribution in [0.4, 0.5) is 10.1 Å². The summed E-state index contributed by atoms with van der Waals surface area (Å²) in [6.45, 7) is 1.96. The lowest BCUT2D eigenvalue weighted by molar-refractivity contribution is -0.121. The van der Waals surface area contributed by atoms with E-state index in [2.05, 4.69) is 10.3 Å². The summed E-state index contributed by atoms with van der Waals surface area (Å²) in [6.07, 6.45) is 0.377. The molecule has 3 aromatic rings. The minimum atomic E-state index is -0.691. The second-order valence-corrected chi connectivity index (χ2v) is 10.4. The smallest absolute Gasteiger partial charge is 0.262 e. The van der Waals surface area contributed by atoms with Crippen molar-refractivity contribution in [3.63, 3.8) is 0 Å². The zero-order valence-electron chi connectivity index (χ0n) is 21.7. The predicted molar refractivity (Wildman–Crippen MR) is 150 cm³/mol. The molecular formula is C29H27FN4O4S. The molecule has 0 radical (unpaired) electrons. The van der Waals surface area contributed by atoms with E-state index < -0.39 is 17.2 Å². The van der Waals surface area contributed by atoms with Gasteiger partial charge in [-0.25, -0.2) is 9.40 Å². The number of amides is 2. The highest BCUT2D eigenvalue weighted by molar-refractivity contribution is 8.15. The molecule has 2 atom stereocenters. The third-order valence-corrected chi connectivity index (χ3v) is 7.63. The van der Waals surface area contributed by atoms with E-state index in [4.69, 9.17) is 14.6 Å². The first-order valence-corrected chi connectivity index (χ1v) is 13.2. The van der Waals surface area contributed by atoms with Crippen LogP contribution in [0.25, 0.3) is 0 Å². The minimum Gasteiger partial charge on any atom is -0.497 e. The highest BCUT2D eigenvalue weighted by atomic mass is 32.2. The van der Waals surface area contributed by atoms with Crippen molar-refractivity contribution in [1.82, 2.24) is 5.01 Å². The molecular weight excluding hydrogens is 519 g/mol. The Balaban J connectivity index is 1.40. The molecule has 8 nitrogen and oxygen atoms in total. The van der Waals surface area contributed by atoms with Crippen molar-refractivity contribution < 1.29 is 23.5 Å². The monoisotopic (exact) mass is 546 g/mol. The molecule has 0 saturated carbocycles. The number of amidine groups is 1. The van der Waals surface area contributed by atoms with Crippen LogP contribution in [-0.2, 0) is 9.59 Å². The number of ether oxygens (including phenoxy) is 2. The van der Waals surface area contributed by atoms with Gasteiger partial charge in [-0.2, -0.15) is 10.1 Å². The fraction of sp³-hybridized carbons (Fsp3) is 0.241. The van der Waals surface area contributed by atoms with Crippen LogP contribution < -0.4 is 14.8 Å². The van der Waals surface area contributed by atoms with Crippen LogP contribution in [0.1, 0.15) is 35.6 Å². The van der Waals surface area contributed by atoms with Gasteiger partial charge in [-0.15, -0.1) is 0 Å². The summed E-state index contributed by atoms with van der Waals surface area (Å²) in [6, 6.07) is 18.7. The largest absolute Gasteiger partial charge is 0.497 e. The van der Waals surface area contributed by atoms with E-state index in [0.717, 1.165) is 11.1 Å². The summed E-state index contributed by atoms with van der Waals surface area (Å²) >= 11 is 1.18. The number of hydrazone groups is 1. The Bertz CT molecular complexity index is 1470. The van der Waals surface area contributed by atoms with Crippen LogP contribution in [0.5, 0.6) is 11.5 Å². The van der Waals surface area contributed by atoms with Crippen LogP contribution in [0.2, 0.25) is 0 Å². The SMILES string of the molecule is COc1ccc(OC)c(C2=NN(C3=NC(=O)[C@@H](CC(=O)Nc4ccc(C)cc4)S3)[C@@H](c3cccc(F)c3)C2)c1. The van der Waals surface area contributed by atoms with Gasteiger partial charge in [0.1, 0.15) is 22.6 Å². The standard InChI is InChI=1S/C29H27FN4O4S/c1-17-7-9-20(10-8-17)31-27(35)16-26-28(36)32-29(39-26)34-24(18-5-4-6-19(30)13-18)15-23(33-34)22-14-21(37-2)11-12-25(22)38-3/h4-14,24,26H,15-16H2,1-3H3,(H,31,35)/t24-,26-/m1/s1. The highest BCUT2D eigenvalue weighted by Crippen LogP contribution is 2.40. The number of methoxy groups -OCH3 is 2. The van der Waals surface area contributed by atoms with Crippen LogP contribution >= 0.6 is 11.8 Å². The van der Waals surface area contributed by atoms with Crippen molar-refractivity contribution in [3.8, 4) is 11.5 Å². The van der Waals surface area contributed by atoms with Crippen molar-refractivity contribution in [2.24, 2.45) is 10.1 Å². The first-order valence-electron chi connectivity index (χ1n) is 12.3. The molecule has 39 heavy (non-hydrogen) atoms. The molecule has 0 saturated heterocycles. The zero-order valence-corrected chi connectivity index (χ0v) is 22.5. The molecule has 10 heteroatoms. The minimum absolute atomic E-state index is 0.0386. The van der Waals surface area contributed by atoms with E-state index in [1.165, 1.54) is 23.9 Å². The van der Waals surface area contributed by atoms with Crippen LogP contribution in [-0.4, -0.2) is 47.2 Å². The average Bonchev–Trinajstić information content (AvgIpc) is 3.53. The molecule has 0 spiro atoms. The second kappa shape index (κ2) is 11.3. The van der Waals surface area contributed by atoms with Crippen molar-refractivity contribution >= 4 is 40.1 Å². The number of aryl methyl sites for hydroxylation is 1. The number of halogens is 1. The first-order chi connectivity index (χ1) is 18.8. The molecule has 0 bridgehead atoms. The van der Waals surface area contributed by atoms with E-state index in [1.54, 1.807) is 37.4 Å². The Morgan fingerprint density at radius 2 is 1.90 bits per heavy atom. The molecule has 200 valence electrons. The summed E-state index contributed by atoms with van der Waals surface area (Å²) in [5.41, 5.74) is 3.83. The molecule has 2 aliphatic heterocycles. The van der Waals surface area contributed by atoms with Gasteiger partial charge >= 0.3 is 0 Å². The molecule has 0 aliphatic carbocycles. The fourth-order valence-corrected chi connectivity index (χ4v) is 5.55. The quantitative estimate of drug-likeness (QED) is 0.431. The fourth-order valence-electron chi connectivity index (χ4n) is 4.48. The lowest BCUT2D eigenvalue weighted by Gasteiger charge is -2.23. The Kier molecular flexibility index (Phi) is 7.65. The number of aliphatic imine (C=N–C) groups is 1. The third-order valence-electron chi connectivity index (χ3n) is 6.49. The number of carbonyl (C=O) groups is 2. The normalized spacial score (nSPS) is 18.6. The lowest BCUT2D eigenvalue weighted by Crippen LogP contribution is -2.25. The predicted octanol–water partition coefficient (Wildman–Crippen LogP) is 5.33. The molecule has 0 aromatic heterocycles. The first kappa shape index (κ1) is 26.4. The Morgan fingerprint density at radius 1 is 1.10 bits per heavy atom. The number of hydrogen-bond donors (Lipinski definition) is 1. The maximum Gasteiger partial charge on any atom is 0.262 e. The molecule has 5 rings (SSSR count). The van der Waals surface area contributed by atoms with Crippen molar-refractivity contribution in [3.05, 3.63) is 89.2 Å². The van der Waals surface area contributed by atoms with Gasteiger partial charge in [-0.3, -0.25) is 9.59 Å². The van der Waals surface area contributed by atoms with Crippen LogP contribution in [0, 0.1) is 12.7 Å². The number of nitrogens with zero attached hydrogens (tertiary/aromatic N) is 3. The van der Waals surface area contributed by atoms with Crippen LogP contribution in [0.15, 0.2) is 76.8 Å². The molecule has 0 fully saturated rings. The highest BCUT2D eigenvalue weighted by Gasteiger charge is 2.39. The molecule has 3 aromatic carbocycles. The molecule has 0 unspecified atom stereocenters. The summed E-state index contributed by atoms with van der Waals surface area (Å²) in [5, 5.41) is 8.97. The number of benzene rings is 3. The van der Waals surface area contributed by atoms with E-state index in [0.29, 0.717) is 40.1 Å². The summed E-state index contributed by atoms with van der Waals surface area (Å²) in [7, 11) is 3.15. The van der Waals surface area contributed by atoms with Gasteiger partial charge < -0.3 is 14.8 Å². The van der Waals surface area contributed by atoms with Gasteiger partial charge in [0.25, 0.3) is 5.91 Å². The zero-order chi connectivity index (χ0) is 27.5.